The van der Waals surface area contributed by atoms with Crippen molar-refractivity contribution in [1.82, 2.24) is 0 Å². The van der Waals surface area contributed by atoms with E-state index in [-0.39, 0.29) is 30.2 Å². The summed E-state index contributed by atoms with van der Waals surface area (Å²) in [7, 11) is 0. The van der Waals surface area contributed by atoms with Gasteiger partial charge in [-0.2, -0.15) is 0 Å². The highest BCUT2D eigenvalue weighted by Gasteiger charge is 2.73. The lowest BCUT2D eigenvalue weighted by Crippen LogP contribution is -2.48. The van der Waals surface area contributed by atoms with Gasteiger partial charge in [0.1, 0.15) is 11.6 Å². The molecule has 2 heterocycles. The van der Waals surface area contributed by atoms with Gasteiger partial charge in [-0.1, -0.05) is 0 Å². The summed E-state index contributed by atoms with van der Waals surface area (Å²) in [4.78, 5) is 23.8. The monoisotopic (exact) mass is 194 g/mol. The van der Waals surface area contributed by atoms with Crippen molar-refractivity contribution in [2.75, 3.05) is 0 Å². The molecule has 0 unspecified atom stereocenters. The van der Waals surface area contributed by atoms with Crippen molar-refractivity contribution in [2.45, 2.75) is 45.3 Å². The third-order valence-electron chi connectivity index (χ3n) is 4.87. The zero-order valence-electron chi connectivity index (χ0n) is 8.50. The van der Waals surface area contributed by atoms with E-state index in [0.29, 0.717) is 0 Å². The van der Waals surface area contributed by atoms with Gasteiger partial charge in [0.05, 0.1) is 29.5 Å². The summed E-state index contributed by atoms with van der Waals surface area (Å²) in [6.45, 7) is 3.84. The van der Waals surface area contributed by atoms with Crippen LogP contribution in [0.4, 0.5) is 0 Å². The van der Waals surface area contributed by atoms with Crippen LogP contribution in [0.15, 0.2) is 0 Å². The van der Waals surface area contributed by atoms with Crippen LogP contribution >= 0.6 is 0 Å². The minimum Gasteiger partial charge on any atom is -0.373 e. The summed E-state index contributed by atoms with van der Waals surface area (Å²) in [6.07, 6.45) is 2.00. The second-order valence-corrected chi connectivity index (χ2v) is 5.12. The Bertz CT molecular complexity index is 316. The van der Waals surface area contributed by atoms with Gasteiger partial charge in [0.25, 0.3) is 0 Å². The van der Waals surface area contributed by atoms with E-state index in [1.54, 1.807) is 0 Å². The molecule has 4 atom stereocenters. The lowest BCUT2D eigenvalue weighted by Gasteiger charge is -2.38. The highest BCUT2D eigenvalue weighted by Crippen LogP contribution is 2.64. The topological polar surface area (TPSA) is 43.4 Å². The summed E-state index contributed by atoms with van der Waals surface area (Å²) < 4.78 is 5.74. The minimum absolute atomic E-state index is 0.00329. The first-order chi connectivity index (χ1) is 6.51. The van der Waals surface area contributed by atoms with Crippen molar-refractivity contribution in [1.29, 1.82) is 0 Å². The van der Waals surface area contributed by atoms with Crippen LogP contribution in [0.2, 0.25) is 0 Å². The lowest BCUT2D eigenvalue weighted by molar-refractivity contribution is -0.132. The van der Waals surface area contributed by atoms with Crippen LogP contribution in [0.5, 0.6) is 0 Å². The van der Waals surface area contributed by atoms with Crippen LogP contribution in [0.3, 0.4) is 0 Å². The standard InChI is InChI=1S/C11H14O3/c1-10-6(12)5-7(13)11(10,2)9-4-3-8(10)14-9/h8-9H,3-5H2,1-2H3/t8-,9+,10+,11-. The smallest absolute Gasteiger partial charge is 0.149 e. The fourth-order valence-corrected chi connectivity index (χ4v) is 3.61. The lowest BCUT2D eigenvalue weighted by atomic mass is 9.59. The maximum atomic E-state index is 11.9. The molecule has 0 aromatic heterocycles. The Hall–Kier alpha value is -0.700. The molecule has 0 spiro atoms. The van der Waals surface area contributed by atoms with Crippen LogP contribution < -0.4 is 0 Å². The van der Waals surface area contributed by atoms with E-state index >= 15 is 0 Å². The Labute approximate surface area is 82.8 Å². The summed E-state index contributed by atoms with van der Waals surface area (Å²) in [5.41, 5.74) is -1.04. The molecule has 76 valence electrons. The predicted octanol–water partition coefficient (Wildman–Crippen LogP) is 1.10. The predicted molar refractivity (Wildman–Crippen MR) is 48.7 cm³/mol. The maximum Gasteiger partial charge on any atom is 0.149 e. The Morgan fingerprint density at radius 2 is 1.50 bits per heavy atom. The molecular weight excluding hydrogens is 180 g/mol. The Balaban J connectivity index is 2.21. The summed E-state index contributed by atoms with van der Waals surface area (Å²) in [6, 6.07) is 0. The fourth-order valence-electron chi connectivity index (χ4n) is 3.61. The van der Waals surface area contributed by atoms with Crippen LogP contribution in [-0.2, 0) is 14.3 Å². The minimum atomic E-state index is -0.521. The van der Waals surface area contributed by atoms with Gasteiger partial charge in [-0.25, -0.2) is 0 Å². The molecule has 0 amide bonds. The quantitative estimate of drug-likeness (QED) is 0.542. The van der Waals surface area contributed by atoms with Crippen molar-refractivity contribution in [3.05, 3.63) is 0 Å². The molecule has 3 aliphatic rings. The fraction of sp³-hybridized carbons (Fsp3) is 0.818. The Morgan fingerprint density at radius 3 is 1.93 bits per heavy atom. The second-order valence-electron chi connectivity index (χ2n) is 5.12. The number of fused-ring (bicyclic) bond motifs is 5. The molecule has 2 saturated heterocycles. The van der Waals surface area contributed by atoms with Gasteiger partial charge in [-0.05, 0) is 26.7 Å². The highest BCUT2D eigenvalue weighted by atomic mass is 16.5. The van der Waals surface area contributed by atoms with E-state index in [1.165, 1.54) is 0 Å². The van der Waals surface area contributed by atoms with E-state index in [1.807, 2.05) is 13.8 Å². The molecule has 0 aromatic carbocycles. The van der Waals surface area contributed by atoms with E-state index in [2.05, 4.69) is 0 Å². The molecule has 0 radical (unpaired) electrons. The maximum absolute atomic E-state index is 11.9. The van der Waals surface area contributed by atoms with Crippen LogP contribution in [0.1, 0.15) is 33.1 Å². The SMILES string of the molecule is C[C@@]12C(=O)CC(=O)[C@]1(C)[C@@H]1CC[C@H]2O1. The molecule has 3 fully saturated rings. The van der Waals surface area contributed by atoms with E-state index in [4.69, 9.17) is 4.74 Å². The Morgan fingerprint density at radius 1 is 1.07 bits per heavy atom. The number of ketones is 2. The zero-order chi connectivity index (χ0) is 10.1. The first-order valence-corrected chi connectivity index (χ1v) is 5.23. The van der Waals surface area contributed by atoms with Crippen LogP contribution in [0.25, 0.3) is 0 Å². The summed E-state index contributed by atoms with van der Waals surface area (Å²) in [5.74, 6) is 0.189. The van der Waals surface area contributed by atoms with Crippen molar-refractivity contribution < 1.29 is 14.3 Å². The van der Waals surface area contributed by atoms with Gasteiger partial charge in [0.15, 0.2) is 0 Å². The van der Waals surface area contributed by atoms with Crippen molar-refractivity contribution in [3.63, 3.8) is 0 Å². The van der Waals surface area contributed by atoms with E-state index in [0.717, 1.165) is 12.8 Å². The van der Waals surface area contributed by atoms with Gasteiger partial charge >= 0.3 is 0 Å². The molecule has 2 aliphatic heterocycles. The van der Waals surface area contributed by atoms with E-state index < -0.39 is 10.8 Å². The normalized spacial score (nSPS) is 55.6. The highest BCUT2D eigenvalue weighted by molar-refractivity contribution is 6.13. The molecule has 14 heavy (non-hydrogen) atoms. The number of Topliss-reactive ketones (excluding diaryl/α,β-unsaturated/α-hetero) is 2. The van der Waals surface area contributed by atoms with Gasteiger partial charge in [0, 0.05) is 0 Å². The Kier molecular flexibility index (Phi) is 1.29. The molecule has 0 N–H and O–H groups in total. The number of hydrogen-bond donors (Lipinski definition) is 0. The van der Waals surface area contributed by atoms with Gasteiger partial charge in [0.2, 0.25) is 0 Å². The van der Waals surface area contributed by atoms with Crippen molar-refractivity contribution in [2.24, 2.45) is 10.8 Å². The second kappa shape index (κ2) is 2.11. The molecule has 1 aliphatic carbocycles. The number of rotatable bonds is 0. The first-order valence-electron chi connectivity index (χ1n) is 5.23. The third kappa shape index (κ3) is 0.584. The molecule has 3 rings (SSSR count). The summed E-state index contributed by atoms with van der Waals surface area (Å²) in [5, 5.41) is 0. The number of carbonyl (C=O) groups excluding carboxylic acids is 2. The largest absolute Gasteiger partial charge is 0.373 e. The zero-order valence-corrected chi connectivity index (χ0v) is 8.50. The molecule has 2 bridgehead atoms. The average Bonchev–Trinajstić information content (AvgIpc) is 2.73. The van der Waals surface area contributed by atoms with Crippen LogP contribution in [0, 0.1) is 10.8 Å². The molecule has 0 aromatic rings. The average molecular weight is 194 g/mol. The number of hydrogen-bond acceptors (Lipinski definition) is 3. The van der Waals surface area contributed by atoms with Gasteiger partial charge < -0.3 is 4.74 Å². The molecule has 3 heteroatoms. The molecule has 1 saturated carbocycles. The number of carbonyl (C=O) groups is 2. The van der Waals surface area contributed by atoms with Gasteiger partial charge in [-0.15, -0.1) is 0 Å². The van der Waals surface area contributed by atoms with E-state index in [9.17, 15) is 9.59 Å². The van der Waals surface area contributed by atoms with Gasteiger partial charge in [-0.3, -0.25) is 9.59 Å². The van der Waals surface area contributed by atoms with Crippen LogP contribution in [-0.4, -0.2) is 23.8 Å². The number of ether oxygens (including phenoxy) is 1. The third-order valence-corrected chi connectivity index (χ3v) is 4.87. The van der Waals surface area contributed by atoms with Crippen molar-refractivity contribution in [3.8, 4) is 0 Å². The van der Waals surface area contributed by atoms with Crippen molar-refractivity contribution >= 4 is 11.6 Å². The first kappa shape index (κ1) is 8.60. The molecule has 3 nitrogen and oxygen atoms in total. The summed E-state index contributed by atoms with van der Waals surface area (Å²) >= 11 is 0. The molecular formula is C11H14O3.